The summed E-state index contributed by atoms with van der Waals surface area (Å²) in [7, 11) is 1.75. The van der Waals surface area contributed by atoms with E-state index in [9.17, 15) is 13.6 Å². The molecule has 0 unspecified atom stereocenters. The molecule has 3 N–H and O–H groups in total. The summed E-state index contributed by atoms with van der Waals surface area (Å²) in [5, 5.41) is 14.6. The van der Waals surface area contributed by atoms with E-state index >= 15 is 0 Å². The molecule has 1 amide bonds. The van der Waals surface area contributed by atoms with Crippen molar-refractivity contribution in [3.63, 3.8) is 0 Å². The molecule has 3 rings (SSSR count). The summed E-state index contributed by atoms with van der Waals surface area (Å²) >= 11 is 0. The fourth-order valence-electron chi connectivity index (χ4n) is 2.84. The minimum atomic E-state index is -1.18. The van der Waals surface area contributed by atoms with Crippen LogP contribution in [0.3, 0.4) is 0 Å². The molecule has 134 valence electrons. The highest BCUT2D eigenvalue weighted by molar-refractivity contribution is 5.91. The third kappa shape index (κ3) is 3.47. The molecule has 1 atom stereocenters. The smallest absolute Gasteiger partial charge is 0.404 e. The fourth-order valence-corrected chi connectivity index (χ4v) is 2.84. The summed E-state index contributed by atoms with van der Waals surface area (Å²) in [6.07, 6.45) is -1.18. The first-order valence-corrected chi connectivity index (χ1v) is 7.67. The molecule has 1 aromatic heterocycles. The molecular weight excluding hydrogens is 336 g/mol. The van der Waals surface area contributed by atoms with Crippen molar-refractivity contribution < 1.29 is 28.2 Å². The third-order valence-corrected chi connectivity index (χ3v) is 3.97. The lowest BCUT2D eigenvalue weighted by molar-refractivity contribution is 0.0814. The van der Waals surface area contributed by atoms with Crippen molar-refractivity contribution in [2.45, 2.75) is 12.6 Å². The monoisotopic (exact) mass is 353 g/mol. The Bertz CT molecular complexity index is 816. The van der Waals surface area contributed by atoms with Gasteiger partial charge in [0.05, 0.1) is 31.5 Å². The van der Waals surface area contributed by atoms with Crippen LogP contribution < -0.4 is 15.4 Å². The van der Waals surface area contributed by atoms with Gasteiger partial charge in [0.1, 0.15) is 6.61 Å². The number of rotatable bonds is 5. The van der Waals surface area contributed by atoms with Gasteiger partial charge < -0.3 is 25.2 Å². The zero-order valence-corrected chi connectivity index (χ0v) is 13.4. The van der Waals surface area contributed by atoms with Gasteiger partial charge >= 0.3 is 6.09 Å². The lowest BCUT2D eigenvalue weighted by atomic mass is 9.96. The molecule has 2 aromatic rings. The number of nitrogens with zero attached hydrogens (tertiary/aromatic N) is 1. The molecule has 0 saturated heterocycles. The van der Waals surface area contributed by atoms with E-state index in [1.807, 2.05) is 0 Å². The second-order valence-electron chi connectivity index (χ2n) is 5.53. The Morgan fingerprint density at radius 1 is 1.40 bits per heavy atom. The number of carboxylic acid groups (broad SMARTS) is 1. The first-order valence-electron chi connectivity index (χ1n) is 7.67. The van der Waals surface area contributed by atoms with E-state index in [-0.39, 0.29) is 31.7 Å². The standard InChI is InChI=1S/C16H17F2N3O4/c1-19-12-6-24-7-13-14(12)8-4-10(17)11(18)5-9(8)15(21-13)25-3-2-20-16(22)23/h4-5,12,19-20H,2-3,6-7H2,1H3,(H,22,23)/t12-/m1/s1. The number of hydrogen-bond acceptors (Lipinski definition) is 5. The summed E-state index contributed by atoms with van der Waals surface area (Å²) in [4.78, 5) is 14.8. The zero-order chi connectivity index (χ0) is 18.0. The minimum Gasteiger partial charge on any atom is -0.475 e. The van der Waals surface area contributed by atoms with Crippen LogP contribution in [0, 0.1) is 11.6 Å². The van der Waals surface area contributed by atoms with E-state index in [1.54, 1.807) is 7.05 Å². The quantitative estimate of drug-likeness (QED) is 0.712. The van der Waals surface area contributed by atoms with Crippen LogP contribution in [-0.2, 0) is 11.3 Å². The first-order chi connectivity index (χ1) is 12.0. The van der Waals surface area contributed by atoms with Crippen molar-refractivity contribution in [1.29, 1.82) is 0 Å². The van der Waals surface area contributed by atoms with Gasteiger partial charge in [-0.25, -0.2) is 18.6 Å². The molecule has 9 heteroatoms. The molecule has 0 aliphatic carbocycles. The number of halogens is 2. The second-order valence-corrected chi connectivity index (χ2v) is 5.53. The SMILES string of the molecule is CN[C@@H]1COCc2nc(OCCNC(=O)O)c3cc(F)c(F)cc3c21. The first kappa shape index (κ1) is 17.3. The van der Waals surface area contributed by atoms with Crippen molar-refractivity contribution in [2.75, 3.05) is 26.8 Å². The van der Waals surface area contributed by atoms with Gasteiger partial charge in [0.25, 0.3) is 0 Å². The molecule has 25 heavy (non-hydrogen) atoms. The number of fused-ring (bicyclic) bond motifs is 3. The molecule has 0 saturated carbocycles. The molecule has 7 nitrogen and oxygen atoms in total. The second kappa shape index (κ2) is 7.16. The summed E-state index contributed by atoms with van der Waals surface area (Å²) in [6, 6.07) is 1.97. The number of benzene rings is 1. The molecule has 1 aliphatic heterocycles. The Morgan fingerprint density at radius 2 is 2.12 bits per heavy atom. The summed E-state index contributed by atoms with van der Waals surface area (Å²) in [5.74, 6) is -1.85. The van der Waals surface area contributed by atoms with Crippen molar-refractivity contribution in [1.82, 2.24) is 15.6 Å². The Balaban J connectivity index is 2.05. The van der Waals surface area contributed by atoms with Crippen LogP contribution in [0.2, 0.25) is 0 Å². The van der Waals surface area contributed by atoms with Gasteiger partial charge in [-0.3, -0.25) is 0 Å². The highest BCUT2D eigenvalue weighted by atomic mass is 19.2. The topological polar surface area (TPSA) is 92.7 Å². The molecular formula is C16H17F2N3O4. The Labute approximate surface area is 141 Å². The maximum Gasteiger partial charge on any atom is 0.404 e. The van der Waals surface area contributed by atoms with Gasteiger partial charge in [-0.05, 0) is 24.6 Å². The van der Waals surface area contributed by atoms with Gasteiger partial charge in [-0.2, -0.15) is 0 Å². The largest absolute Gasteiger partial charge is 0.475 e. The summed E-state index contributed by atoms with van der Waals surface area (Å²) in [5.41, 5.74) is 1.32. The predicted octanol–water partition coefficient (Wildman–Crippen LogP) is 1.95. The van der Waals surface area contributed by atoms with Crippen LogP contribution in [0.15, 0.2) is 12.1 Å². The maximum absolute atomic E-state index is 13.8. The number of amides is 1. The van der Waals surface area contributed by atoms with Crippen LogP contribution in [0.25, 0.3) is 10.8 Å². The highest BCUT2D eigenvalue weighted by Crippen LogP contribution is 2.36. The molecule has 0 spiro atoms. The van der Waals surface area contributed by atoms with Crippen LogP contribution >= 0.6 is 0 Å². The summed E-state index contributed by atoms with van der Waals surface area (Å²) in [6.45, 7) is 0.658. The van der Waals surface area contributed by atoms with Gasteiger partial charge in [0.15, 0.2) is 11.6 Å². The van der Waals surface area contributed by atoms with E-state index in [2.05, 4.69) is 15.6 Å². The fraction of sp³-hybridized carbons (Fsp3) is 0.375. The minimum absolute atomic E-state index is 0.00248. The number of nitrogens with one attached hydrogen (secondary N) is 2. The maximum atomic E-state index is 13.8. The predicted molar refractivity (Wildman–Crippen MR) is 84.6 cm³/mol. The molecule has 1 aromatic carbocycles. The third-order valence-electron chi connectivity index (χ3n) is 3.97. The van der Waals surface area contributed by atoms with Crippen molar-refractivity contribution in [3.8, 4) is 5.88 Å². The van der Waals surface area contributed by atoms with Crippen LogP contribution in [-0.4, -0.2) is 43.0 Å². The van der Waals surface area contributed by atoms with Gasteiger partial charge in [0.2, 0.25) is 5.88 Å². The average Bonchev–Trinajstić information content (AvgIpc) is 2.59. The van der Waals surface area contributed by atoms with Gasteiger partial charge in [0, 0.05) is 10.9 Å². The number of aromatic nitrogens is 1. The van der Waals surface area contributed by atoms with Gasteiger partial charge in [-0.1, -0.05) is 0 Å². The number of hydrogen-bond donors (Lipinski definition) is 3. The van der Waals surface area contributed by atoms with E-state index in [1.165, 1.54) is 0 Å². The Kier molecular flexibility index (Phi) is 4.95. The van der Waals surface area contributed by atoms with Crippen LogP contribution in [0.5, 0.6) is 5.88 Å². The lowest BCUT2D eigenvalue weighted by Crippen LogP contribution is -2.29. The van der Waals surface area contributed by atoms with E-state index in [0.717, 1.165) is 17.7 Å². The van der Waals surface area contributed by atoms with Gasteiger partial charge in [-0.15, -0.1) is 0 Å². The van der Waals surface area contributed by atoms with Crippen molar-refractivity contribution in [3.05, 3.63) is 35.0 Å². The number of likely N-dealkylation sites (N-methyl/N-ethyl adjacent to an activating group) is 1. The average molecular weight is 353 g/mol. The Morgan fingerprint density at radius 3 is 2.80 bits per heavy atom. The Hall–Kier alpha value is -2.52. The molecule has 0 bridgehead atoms. The molecule has 0 radical (unpaired) electrons. The van der Waals surface area contributed by atoms with Crippen molar-refractivity contribution >= 4 is 16.9 Å². The highest BCUT2D eigenvalue weighted by Gasteiger charge is 2.26. The molecule has 0 fully saturated rings. The van der Waals surface area contributed by atoms with E-state index < -0.39 is 17.7 Å². The van der Waals surface area contributed by atoms with Crippen molar-refractivity contribution in [2.24, 2.45) is 0 Å². The zero-order valence-electron chi connectivity index (χ0n) is 13.4. The van der Waals surface area contributed by atoms with Crippen LogP contribution in [0.4, 0.5) is 13.6 Å². The summed E-state index contributed by atoms with van der Waals surface area (Å²) < 4.78 is 38.5. The normalized spacial score (nSPS) is 16.5. The van der Waals surface area contributed by atoms with Crippen LogP contribution in [0.1, 0.15) is 17.3 Å². The number of carbonyl (C=O) groups is 1. The lowest BCUT2D eigenvalue weighted by Gasteiger charge is -2.27. The number of ether oxygens (including phenoxy) is 2. The number of pyridine rings is 1. The van der Waals surface area contributed by atoms with E-state index in [0.29, 0.717) is 23.1 Å². The molecule has 1 aliphatic rings. The van der Waals surface area contributed by atoms with E-state index in [4.69, 9.17) is 14.6 Å². The molecule has 2 heterocycles.